The number of carbonyl (C=O) groups excluding carboxylic acids is 1. The van der Waals surface area contributed by atoms with Crippen molar-refractivity contribution in [2.75, 3.05) is 22.6 Å². The SMILES string of the molecule is O=C(Nc1nccc2c1CCc1cnccc1N2)c1cccc(Nc2ccnc3ccc(C45CC4[C@@H]4C[C@H]5CO4)cc23)c1. The Hall–Kier alpha value is -4.82. The number of amides is 1. The summed E-state index contributed by atoms with van der Waals surface area (Å²) in [6.07, 6.45) is 11.7. The lowest BCUT2D eigenvalue weighted by molar-refractivity contribution is 0.0620. The molecule has 8 nitrogen and oxygen atoms in total. The van der Waals surface area contributed by atoms with Gasteiger partial charge in [-0.25, -0.2) is 4.98 Å². The van der Waals surface area contributed by atoms with Gasteiger partial charge < -0.3 is 20.7 Å². The van der Waals surface area contributed by atoms with Crippen molar-refractivity contribution < 1.29 is 9.53 Å². The number of ether oxygens (including phenoxy) is 1. The minimum Gasteiger partial charge on any atom is -0.378 e. The highest BCUT2D eigenvalue weighted by molar-refractivity contribution is 6.05. The zero-order chi connectivity index (χ0) is 28.5. The van der Waals surface area contributed by atoms with Crippen LogP contribution in [0.5, 0.6) is 0 Å². The first-order valence-corrected chi connectivity index (χ1v) is 15.0. The van der Waals surface area contributed by atoms with Gasteiger partial charge in [0, 0.05) is 69.5 Å². The summed E-state index contributed by atoms with van der Waals surface area (Å²) in [5.74, 6) is 1.65. The molecule has 2 aliphatic heterocycles. The van der Waals surface area contributed by atoms with Crippen LogP contribution in [-0.2, 0) is 23.0 Å². The molecule has 9 rings (SSSR count). The van der Waals surface area contributed by atoms with Crippen LogP contribution in [0.4, 0.5) is 28.6 Å². The second-order valence-electron chi connectivity index (χ2n) is 12.2. The van der Waals surface area contributed by atoms with Gasteiger partial charge in [0.25, 0.3) is 5.91 Å². The Kier molecular flexibility index (Phi) is 5.38. The highest BCUT2D eigenvalue weighted by atomic mass is 16.5. The topological polar surface area (TPSA) is 101 Å². The molecule has 5 aromatic rings. The maximum Gasteiger partial charge on any atom is 0.256 e. The van der Waals surface area contributed by atoms with Gasteiger partial charge in [0.1, 0.15) is 5.82 Å². The number of carbonyl (C=O) groups is 1. The van der Waals surface area contributed by atoms with Crippen molar-refractivity contribution in [3.8, 4) is 0 Å². The summed E-state index contributed by atoms with van der Waals surface area (Å²) in [5.41, 5.74) is 9.13. The third-order valence-electron chi connectivity index (χ3n) is 10.1. The highest BCUT2D eigenvalue weighted by Crippen LogP contribution is 2.70. The molecule has 3 aromatic heterocycles. The van der Waals surface area contributed by atoms with Gasteiger partial charge in [0.15, 0.2) is 0 Å². The molecule has 2 bridgehead atoms. The zero-order valence-corrected chi connectivity index (χ0v) is 23.5. The molecule has 8 heteroatoms. The van der Waals surface area contributed by atoms with Crippen LogP contribution in [-0.4, -0.2) is 33.6 Å². The summed E-state index contributed by atoms with van der Waals surface area (Å²) >= 11 is 0. The van der Waals surface area contributed by atoms with E-state index >= 15 is 0 Å². The Morgan fingerprint density at radius 3 is 2.84 bits per heavy atom. The largest absolute Gasteiger partial charge is 0.378 e. The quantitative estimate of drug-likeness (QED) is 0.222. The molecule has 1 amide bonds. The van der Waals surface area contributed by atoms with Crippen LogP contribution in [0.2, 0.25) is 0 Å². The van der Waals surface area contributed by atoms with E-state index in [1.807, 2.05) is 54.9 Å². The molecule has 43 heavy (non-hydrogen) atoms. The number of hydrogen-bond donors (Lipinski definition) is 3. The van der Waals surface area contributed by atoms with Gasteiger partial charge in [-0.3, -0.25) is 14.8 Å². The minimum absolute atomic E-state index is 0.202. The molecule has 4 atom stereocenters. The summed E-state index contributed by atoms with van der Waals surface area (Å²) in [7, 11) is 0. The smallest absolute Gasteiger partial charge is 0.256 e. The molecule has 1 saturated heterocycles. The molecular formula is C35H30N6O2. The molecule has 0 radical (unpaired) electrons. The van der Waals surface area contributed by atoms with Crippen molar-refractivity contribution in [2.24, 2.45) is 11.8 Å². The van der Waals surface area contributed by atoms with Gasteiger partial charge in [0.2, 0.25) is 0 Å². The molecule has 3 N–H and O–H groups in total. The van der Waals surface area contributed by atoms with E-state index in [1.165, 1.54) is 18.4 Å². The van der Waals surface area contributed by atoms with Crippen LogP contribution >= 0.6 is 0 Å². The highest BCUT2D eigenvalue weighted by Gasteiger charge is 2.70. The normalized spacial score (nSPS) is 24.3. The summed E-state index contributed by atoms with van der Waals surface area (Å²) < 4.78 is 5.99. The molecule has 5 heterocycles. The second kappa shape index (κ2) is 9.34. The van der Waals surface area contributed by atoms with Gasteiger partial charge in [-0.2, -0.15) is 0 Å². The zero-order valence-electron chi connectivity index (χ0n) is 23.5. The Labute approximate surface area is 248 Å². The molecule has 3 fully saturated rings. The second-order valence-corrected chi connectivity index (χ2v) is 12.2. The van der Waals surface area contributed by atoms with Crippen LogP contribution in [0, 0.1) is 11.8 Å². The van der Waals surface area contributed by atoms with Gasteiger partial charge in [-0.05, 0) is 97.2 Å². The fourth-order valence-corrected chi connectivity index (χ4v) is 7.84. The van der Waals surface area contributed by atoms with Gasteiger partial charge in [-0.15, -0.1) is 0 Å². The van der Waals surface area contributed by atoms with Crippen molar-refractivity contribution in [1.82, 2.24) is 15.0 Å². The molecule has 0 spiro atoms. The van der Waals surface area contributed by atoms with E-state index in [-0.39, 0.29) is 11.3 Å². The predicted molar refractivity (Wildman–Crippen MR) is 166 cm³/mol. The van der Waals surface area contributed by atoms with Crippen molar-refractivity contribution in [3.63, 3.8) is 0 Å². The first-order valence-electron chi connectivity index (χ1n) is 15.0. The average molecular weight is 567 g/mol. The Balaban J connectivity index is 0.977. The molecule has 212 valence electrons. The lowest BCUT2D eigenvalue weighted by Crippen LogP contribution is -2.24. The van der Waals surface area contributed by atoms with Crippen molar-refractivity contribution in [2.45, 2.75) is 37.2 Å². The van der Waals surface area contributed by atoms with Gasteiger partial charge in [-0.1, -0.05) is 12.1 Å². The summed E-state index contributed by atoms with van der Waals surface area (Å²) in [4.78, 5) is 26.9. The Morgan fingerprint density at radius 2 is 1.91 bits per heavy atom. The van der Waals surface area contributed by atoms with E-state index in [1.54, 1.807) is 12.4 Å². The van der Waals surface area contributed by atoms with E-state index in [2.05, 4.69) is 49.1 Å². The van der Waals surface area contributed by atoms with Crippen molar-refractivity contribution >= 4 is 45.4 Å². The number of fused-ring (bicyclic) bond motifs is 8. The van der Waals surface area contributed by atoms with Crippen molar-refractivity contribution in [3.05, 3.63) is 108 Å². The van der Waals surface area contributed by atoms with Crippen LogP contribution in [0.15, 0.2) is 85.5 Å². The summed E-state index contributed by atoms with van der Waals surface area (Å²) in [6, 6.07) is 20.3. The monoisotopic (exact) mass is 566 g/mol. The Bertz CT molecular complexity index is 1940. The molecule has 2 unspecified atom stereocenters. The first-order chi connectivity index (χ1) is 21.2. The number of benzene rings is 2. The number of pyridine rings is 3. The average Bonchev–Trinajstić information content (AvgIpc) is 3.60. The number of anilines is 5. The fraction of sp³-hybridized carbons (Fsp3) is 0.257. The van der Waals surface area contributed by atoms with Crippen molar-refractivity contribution in [1.29, 1.82) is 0 Å². The summed E-state index contributed by atoms with van der Waals surface area (Å²) in [6.45, 7) is 0.884. The summed E-state index contributed by atoms with van der Waals surface area (Å²) in [5, 5.41) is 11.2. The van der Waals surface area contributed by atoms with Gasteiger partial charge >= 0.3 is 0 Å². The lowest BCUT2D eigenvalue weighted by atomic mass is 9.83. The molecular weight excluding hydrogens is 536 g/mol. The number of aryl methyl sites for hydroxylation is 1. The van der Waals surface area contributed by atoms with E-state index < -0.39 is 0 Å². The number of hydrogen-bond acceptors (Lipinski definition) is 7. The fourth-order valence-electron chi connectivity index (χ4n) is 7.84. The number of rotatable bonds is 5. The predicted octanol–water partition coefficient (Wildman–Crippen LogP) is 6.54. The lowest BCUT2D eigenvalue weighted by Gasteiger charge is -2.24. The van der Waals surface area contributed by atoms with Crippen LogP contribution in [0.3, 0.4) is 0 Å². The van der Waals surface area contributed by atoms with Crippen LogP contribution in [0.25, 0.3) is 10.9 Å². The van der Waals surface area contributed by atoms with E-state index in [0.29, 0.717) is 29.3 Å². The molecule has 2 saturated carbocycles. The number of nitrogens with zero attached hydrogens (tertiary/aromatic N) is 3. The van der Waals surface area contributed by atoms with E-state index in [4.69, 9.17) is 4.74 Å². The molecule has 2 aromatic carbocycles. The van der Waals surface area contributed by atoms with Crippen LogP contribution < -0.4 is 16.0 Å². The van der Waals surface area contributed by atoms with Gasteiger partial charge in [0.05, 0.1) is 18.2 Å². The Morgan fingerprint density at radius 1 is 0.977 bits per heavy atom. The maximum absolute atomic E-state index is 13.5. The van der Waals surface area contributed by atoms with E-state index in [0.717, 1.165) is 64.2 Å². The van der Waals surface area contributed by atoms with Crippen LogP contribution in [0.1, 0.15) is 39.9 Å². The number of nitrogens with one attached hydrogen (secondary N) is 3. The standard InChI is InChI=1S/C35H30N6O2/c42-34(41-33-25-6-4-21-18-36-11-8-28(21)40-30(25)10-13-38-33)20-2-1-3-24(14-20)39-31-9-12-37-29-7-5-22(15-26(29)31)35-17-27(35)32-16-23(35)19-43-32/h1-3,5,7-15,18,23,27,32,40H,4,6,16-17,19H2,(H,37,39)(H,38,41,42)/t23-,27?,32-,35?/m0/s1. The number of aromatic nitrogens is 3. The molecule has 4 aliphatic rings. The third-order valence-corrected chi connectivity index (χ3v) is 10.1. The van der Waals surface area contributed by atoms with E-state index in [9.17, 15) is 4.79 Å². The minimum atomic E-state index is -0.202. The molecule has 2 aliphatic carbocycles. The third kappa shape index (κ3) is 3.93. The maximum atomic E-state index is 13.5. The first kappa shape index (κ1) is 24.7.